The van der Waals surface area contributed by atoms with Crippen molar-refractivity contribution in [1.29, 1.82) is 0 Å². The first-order valence-electron chi connectivity index (χ1n) is 6.13. The topological polar surface area (TPSA) is 59.1 Å². The van der Waals surface area contributed by atoms with Crippen molar-refractivity contribution in [2.45, 2.75) is 12.7 Å². The summed E-state index contributed by atoms with van der Waals surface area (Å²) in [6.45, 7) is 1.43. The van der Waals surface area contributed by atoms with Crippen LogP contribution in [0.3, 0.4) is 0 Å². The van der Waals surface area contributed by atoms with Crippen LogP contribution in [0, 0.1) is 5.82 Å². The summed E-state index contributed by atoms with van der Waals surface area (Å²) in [5.74, 6) is 0.326. The van der Waals surface area contributed by atoms with Gasteiger partial charge in [-0.2, -0.15) is 0 Å². The Morgan fingerprint density at radius 2 is 2.05 bits per heavy atom. The third-order valence-corrected chi connectivity index (χ3v) is 4.29. The lowest BCUT2D eigenvalue weighted by Crippen LogP contribution is -2.14. The van der Waals surface area contributed by atoms with Crippen LogP contribution in [0.2, 0.25) is 0 Å². The quantitative estimate of drug-likeness (QED) is 0.828. The van der Waals surface area contributed by atoms with Crippen LogP contribution in [0.1, 0.15) is 23.0 Å². The lowest BCUT2D eigenvalue weighted by molar-refractivity contribution is -0.113. The number of hydrogen-bond acceptors (Lipinski definition) is 5. The summed E-state index contributed by atoms with van der Waals surface area (Å²) in [7, 11) is 0. The highest BCUT2D eigenvalue weighted by atomic mass is 32.2. The number of carbonyl (C=O) groups is 2. The van der Waals surface area contributed by atoms with E-state index in [-0.39, 0.29) is 23.3 Å². The number of ketones is 1. The lowest BCUT2D eigenvalue weighted by Gasteiger charge is -2.02. The Labute approximate surface area is 129 Å². The number of nitrogens with zero attached hydrogens (tertiary/aromatic N) is 1. The van der Waals surface area contributed by atoms with Crippen LogP contribution in [0.5, 0.6) is 0 Å². The van der Waals surface area contributed by atoms with Crippen LogP contribution in [0.4, 0.5) is 9.52 Å². The molecule has 1 heterocycles. The standard InChI is InChI=1S/C14H13FN2O2S2/c1-9(18)12-7-21-14(16-12)17-13(19)8-20-6-10-2-4-11(15)5-3-10/h2-5,7H,6,8H2,1H3,(H,16,17,19). The number of aromatic nitrogens is 1. The molecule has 0 unspecified atom stereocenters. The number of benzene rings is 1. The maximum atomic E-state index is 12.7. The number of halogens is 1. The summed E-state index contributed by atoms with van der Waals surface area (Å²) in [4.78, 5) is 26.8. The number of thiazole rings is 1. The van der Waals surface area contributed by atoms with Gasteiger partial charge in [0.05, 0.1) is 5.75 Å². The Hall–Kier alpha value is -1.73. The Bertz CT molecular complexity index is 641. The van der Waals surface area contributed by atoms with Gasteiger partial charge in [-0.05, 0) is 17.7 Å². The molecule has 1 aromatic heterocycles. The van der Waals surface area contributed by atoms with E-state index in [2.05, 4.69) is 10.3 Å². The van der Waals surface area contributed by atoms with Crippen LogP contribution < -0.4 is 5.32 Å². The predicted molar refractivity (Wildman–Crippen MR) is 83.3 cm³/mol. The average Bonchev–Trinajstić information content (AvgIpc) is 2.90. The number of thioether (sulfide) groups is 1. The zero-order valence-electron chi connectivity index (χ0n) is 11.3. The van der Waals surface area contributed by atoms with Crippen molar-refractivity contribution in [2.75, 3.05) is 11.1 Å². The molecule has 0 radical (unpaired) electrons. The molecule has 1 aromatic carbocycles. The number of carbonyl (C=O) groups excluding carboxylic acids is 2. The van der Waals surface area contributed by atoms with Gasteiger partial charge in [0.25, 0.3) is 0 Å². The summed E-state index contributed by atoms with van der Waals surface area (Å²) >= 11 is 2.65. The molecule has 7 heteroatoms. The molecule has 4 nitrogen and oxygen atoms in total. The van der Waals surface area contributed by atoms with Crippen LogP contribution in [0.25, 0.3) is 0 Å². The van der Waals surface area contributed by atoms with Crippen LogP contribution >= 0.6 is 23.1 Å². The molecule has 1 amide bonds. The van der Waals surface area contributed by atoms with Gasteiger partial charge in [0, 0.05) is 18.1 Å². The van der Waals surface area contributed by atoms with E-state index in [1.165, 1.54) is 42.2 Å². The van der Waals surface area contributed by atoms with Gasteiger partial charge in [0.2, 0.25) is 5.91 Å². The second-order valence-electron chi connectivity index (χ2n) is 4.26. The minimum absolute atomic E-state index is 0.127. The Balaban J connectivity index is 1.76. The largest absolute Gasteiger partial charge is 0.301 e. The van der Waals surface area contributed by atoms with Crippen molar-refractivity contribution in [3.05, 3.63) is 46.7 Å². The number of nitrogens with one attached hydrogen (secondary N) is 1. The van der Waals surface area contributed by atoms with Gasteiger partial charge in [-0.1, -0.05) is 12.1 Å². The molecule has 21 heavy (non-hydrogen) atoms. The van der Waals surface area contributed by atoms with E-state index >= 15 is 0 Å². The highest BCUT2D eigenvalue weighted by Gasteiger charge is 2.09. The second-order valence-corrected chi connectivity index (χ2v) is 6.11. The van der Waals surface area contributed by atoms with E-state index in [0.717, 1.165) is 5.56 Å². The Morgan fingerprint density at radius 1 is 1.33 bits per heavy atom. The Kier molecular flexibility index (Phi) is 5.46. The fraction of sp³-hybridized carbons (Fsp3) is 0.214. The highest BCUT2D eigenvalue weighted by Crippen LogP contribution is 2.17. The zero-order chi connectivity index (χ0) is 15.2. The van der Waals surface area contributed by atoms with Crippen molar-refractivity contribution < 1.29 is 14.0 Å². The fourth-order valence-corrected chi connectivity index (χ4v) is 3.04. The molecule has 0 saturated carbocycles. The average molecular weight is 324 g/mol. The summed E-state index contributed by atoms with van der Waals surface area (Å²) in [5.41, 5.74) is 1.32. The van der Waals surface area contributed by atoms with Crippen molar-refractivity contribution in [1.82, 2.24) is 4.98 Å². The van der Waals surface area contributed by atoms with Gasteiger partial charge in [0.1, 0.15) is 11.5 Å². The molecule has 0 saturated heterocycles. The highest BCUT2D eigenvalue weighted by molar-refractivity contribution is 7.99. The number of anilines is 1. The van der Waals surface area contributed by atoms with Crippen molar-refractivity contribution in [3.63, 3.8) is 0 Å². The third kappa shape index (κ3) is 4.95. The van der Waals surface area contributed by atoms with Crippen LogP contribution in [-0.2, 0) is 10.5 Å². The molecular weight excluding hydrogens is 311 g/mol. The lowest BCUT2D eigenvalue weighted by atomic mass is 10.2. The smallest absolute Gasteiger partial charge is 0.236 e. The summed E-state index contributed by atoms with van der Waals surface area (Å²) in [5, 5.41) is 4.69. The monoisotopic (exact) mass is 324 g/mol. The van der Waals surface area contributed by atoms with E-state index in [1.54, 1.807) is 17.5 Å². The van der Waals surface area contributed by atoms with E-state index in [4.69, 9.17) is 0 Å². The van der Waals surface area contributed by atoms with Gasteiger partial charge in [-0.15, -0.1) is 23.1 Å². The summed E-state index contributed by atoms with van der Waals surface area (Å²) < 4.78 is 12.7. The van der Waals surface area contributed by atoms with Crippen LogP contribution in [0.15, 0.2) is 29.6 Å². The first kappa shape index (κ1) is 15.7. The second kappa shape index (κ2) is 7.33. The molecule has 1 N–H and O–H groups in total. The van der Waals surface area contributed by atoms with Gasteiger partial charge in [-0.25, -0.2) is 9.37 Å². The third-order valence-electron chi connectivity index (χ3n) is 2.53. The summed E-state index contributed by atoms with van der Waals surface area (Å²) in [6.07, 6.45) is 0. The van der Waals surface area contributed by atoms with Crippen molar-refractivity contribution in [3.8, 4) is 0 Å². The first-order chi connectivity index (χ1) is 10.0. The number of amides is 1. The van der Waals surface area contributed by atoms with Gasteiger partial charge < -0.3 is 5.32 Å². The van der Waals surface area contributed by atoms with E-state index < -0.39 is 0 Å². The van der Waals surface area contributed by atoms with Gasteiger partial charge >= 0.3 is 0 Å². The molecule has 110 valence electrons. The fourth-order valence-electron chi connectivity index (χ4n) is 1.49. The number of Topliss-reactive ketones (excluding diaryl/α,β-unsaturated/α-hetero) is 1. The zero-order valence-corrected chi connectivity index (χ0v) is 12.9. The SMILES string of the molecule is CC(=O)c1csc(NC(=O)CSCc2ccc(F)cc2)n1. The minimum Gasteiger partial charge on any atom is -0.301 e. The first-order valence-corrected chi connectivity index (χ1v) is 8.16. The van der Waals surface area contributed by atoms with Gasteiger partial charge in [-0.3, -0.25) is 9.59 Å². The Morgan fingerprint density at radius 3 is 2.67 bits per heavy atom. The van der Waals surface area contributed by atoms with Gasteiger partial charge in [0.15, 0.2) is 10.9 Å². The predicted octanol–water partition coefficient (Wildman–Crippen LogP) is 3.36. The van der Waals surface area contributed by atoms with Crippen molar-refractivity contribution >= 4 is 39.9 Å². The van der Waals surface area contributed by atoms with E-state index in [0.29, 0.717) is 16.6 Å². The normalized spacial score (nSPS) is 10.4. The maximum absolute atomic E-state index is 12.7. The summed E-state index contributed by atoms with van der Waals surface area (Å²) in [6, 6.07) is 6.18. The minimum atomic E-state index is -0.272. The van der Waals surface area contributed by atoms with Crippen LogP contribution in [-0.4, -0.2) is 22.4 Å². The molecule has 0 aliphatic rings. The molecule has 2 rings (SSSR count). The van der Waals surface area contributed by atoms with E-state index in [9.17, 15) is 14.0 Å². The molecule has 0 fully saturated rings. The van der Waals surface area contributed by atoms with E-state index in [1.807, 2.05) is 0 Å². The number of rotatable bonds is 6. The molecule has 0 atom stereocenters. The molecule has 2 aromatic rings. The molecule has 0 spiro atoms. The molecule has 0 bridgehead atoms. The molecular formula is C14H13FN2O2S2. The van der Waals surface area contributed by atoms with Crippen molar-refractivity contribution in [2.24, 2.45) is 0 Å². The molecule has 0 aliphatic heterocycles. The maximum Gasteiger partial charge on any atom is 0.236 e. The molecule has 0 aliphatic carbocycles. The number of hydrogen-bond donors (Lipinski definition) is 1.